The van der Waals surface area contributed by atoms with Gasteiger partial charge in [0.15, 0.2) is 0 Å². The summed E-state index contributed by atoms with van der Waals surface area (Å²) in [4.78, 5) is 0. The largest absolute Gasteiger partial charge is 0.0622 e. The molecule has 11 aromatic carbocycles. The van der Waals surface area contributed by atoms with E-state index in [9.17, 15) is 0 Å². The number of hydrogen-bond donors (Lipinski definition) is 0. The summed E-state index contributed by atoms with van der Waals surface area (Å²) in [5, 5.41) is 18.6. The molecule has 0 aliphatic carbocycles. The van der Waals surface area contributed by atoms with Gasteiger partial charge in [-0.3, -0.25) is 0 Å². The minimum atomic E-state index is 1.25. The number of benzene rings is 9. The molecule has 0 aromatic heterocycles. The van der Waals surface area contributed by atoms with Gasteiger partial charge in [0.25, 0.3) is 0 Å². The SMILES string of the molecule is Cc1cccc(C)c1-c1ccc2c(c1)c1cc3c(-c4ccccc4)c4c5cccc6cccc(c4c(-c4ccccc4)c3c3cccc2c13)c65. The van der Waals surface area contributed by atoms with E-state index in [0.29, 0.717) is 0 Å². The maximum Gasteiger partial charge on any atom is -0.000719 e. The van der Waals surface area contributed by atoms with Gasteiger partial charge < -0.3 is 0 Å². The second-order valence-corrected chi connectivity index (χ2v) is 14.0. The number of rotatable bonds is 3. The van der Waals surface area contributed by atoms with Crippen molar-refractivity contribution in [2.75, 3.05) is 0 Å². The molecule has 0 atom stereocenters. The zero-order chi connectivity index (χ0) is 33.1. The fourth-order valence-corrected chi connectivity index (χ4v) is 9.42. The predicted octanol–water partition coefficient (Wildman–Crippen LogP) is 14.3. The lowest BCUT2D eigenvalue weighted by Crippen LogP contribution is -1.91. The average Bonchev–Trinajstić information content (AvgIpc) is 3.66. The highest BCUT2D eigenvalue weighted by atomic mass is 14.3. The molecule has 0 aliphatic rings. The van der Waals surface area contributed by atoms with Gasteiger partial charge in [-0.05, 0) is 146 Å². The van der Waals surface area contributed by atoms with E-state index in [0.717, 1.165) is 0 Å². The van der Waals surface area contributed by atoms with Crippen LogP contribution in [-0.4, -0.2) is 0 Å². The highest BCUT2D eigenvalue weighted by molar-refractivity contribution is 6.44. The Labute approximate surface area is 290 Å². The Bertz CT molecular complexity index is 3100. The van der Waals surface area contributed by atoms with E-state index < -0.39 is 0 Å². The first-order chi connectivity index (χ1) is 24.7. The standard InChI is InChI=1S/C50H32/c1-29-13-9-14-30(2)43(29)34-25-26-35-36-21-12-24-39-47(36)41(40(35)27-34)28-42-45(32-15-5-3-6-16-32)49-37-22-10-19-31-20-11-23-38(44(31)37)50(49)46(48(39)42)33-17-7-4-8-18-33/h3-28H,1-2H3. The summed E-state index contributed by atoms with van der Waals surface area (Å²) in [5.41, 5.74) is 10.4. The third-order valence-corrected chi connectivity index (χ3v) is 11.4. The molecule has 0 radical (unpaired) electrons. The van der Waals surface area contributed by atoms with Crippen LogP contribution >= 0.6 is 0 Å². The molecule has 11 aromatic rings. The maximum atomic E-state index is 2.54. The fraction of sp³-hybridized carbons (Fsp3) is 0.0400. The van der Waals surface area contributed by atoms with Crippen molar-refractivity contribution in [3.8, 4) is 33.4 Å². The molecule has 0 bridgehead atoms. The van der Waals surface area contributed by atoms with Gasteiger partial charge in [-0.25, -0.2) is 0 Å². The zero-order valence-corrected chi connectivity index (χ0v) is 28.0. The van der Waals surface area contributed by atoms with E-state index in [1.807, 2.05) is 0 Å². The average molecular weight is 633 g/mol. The summed E-state index contributed by atoms with van der Waals surface area (Å²) in [6.07, 6.45) is 0. The Morgan fingerprint density at radius 1 is 0.260 bits per heavy atom. The Morgan fingerprint density at radius 2 is 0.820 bits per heavy atom. The van der Waals surface area contributed by atoms with Crippen LogP contribution in [0.5, 0.6) is 0 Å². The summed E-state index contributed by atoms with van der Waals surface area (Å²) < 4.78 is 0. The Balaban J connectivity index is 1.43. The highest BCUT2D eigenvalue weighted by Gasteiger charge is 2.26. The summed E-state index contributed by atoms with van der Waals surface area (Å²) in [6.45, 7) is 4.46. The molecule has 0 nitrogen and oxygen atoms in total. The van der Waals surface area contributed by atoms with Crippen molar-refractivity contribution in [1.82, 2.24) is 0 Å². The van der Waals surface area contributed by atoms with Crippen LogP contribution in [-0.2, 0) is 0 Å². The normalized spacial score (nSPS) is 12.2. The molecular formula is C50H32. The van der Waals surface area contributed by atoms with Crippen molar-refractivity contribution >= 4 is 75.4 Å². The summed E-state index contributed by atoms with van der Waals surface area (Å²) >= 11 is 0. The second kappa shape index (κ2) is 10.1. The Morgan fingerprint density at radius 3 is 1.50 bits per heavy atom. The number of aryl methyl sites for hydroxylation is 2. The van der Waals surface area contributed by atoms with Gasteiger partial charge in [0, 0.05) is 0 Å². The maximum absolute atomic E-state index is 2.54. The van der Waals surface area contributed by atoms with Gasteiger partial charge >= 0.3 is 0 Å². The van der Waals surface area contributed by atoms with Gasteiger partial charge in [0.05, 0.1) is 0 Å². The first kappa shape index (κ1) is 27.7. The van der Waals surface area contributed by atoms with Crippen LogP contribution in [0.25, 0.3) is 109 Å². The lowest BCUT2D eigenvalue weighted by Gasteiger charge is -2.19. The van der Waals surface area contributed by atoms with Crippen LogP contribution in [0.4, 0.5) is 0 Å². The van der Waals surface area contributed by atoms with E-state index in [1.165, 1.54) is 120 Å². The predicted molar refractivity (Wildman–Crippen MR) is 217 cm³/mol. The molecule has 0 heteroatoms. The van der Waals surface area contributed by atoms with Gasteiger partial charge in [-0.1, -0.05) is 146 Å². The van der Waals surface area contributed by atoms with Crippen molar-refractivity contribution in [3.63, 3.8) is 0 Å². The Kier molecular flexibility index (Phi) is 5.61. The van der Waals surface area contributed by atoms with E-state index in [2.05, 4.69) is 172 Å². The van der Waals surface area contributed by atoms with Crippen LogP contribution < -0.4 is 0 Å². The minimum Gasteiger partial charge on any atom is -0.0622 e. The molecule has 50 heavy (non-hydrogen) atoms. The third-order valence-electron chi connectivity index (χ3n) is 11.4. The molecule has 0 saturated carbocycles. The van der Waals surface area contributed by atoms with Gasteiger partial charge in [-0.2, -0.15) is 0 Å². The van der Waals surface area contributed by atoms with Crippen molar-refractivity contribution in [1.29, 1.82) is 0 Å². The van der Waals surface area contributed by atoms with E-state index in [-0.39, 0.29) is 0 Å². The summed E-state index contributed by atoms with van der Waals surface area (Å²) in [6, 6.07) is 59.2. The van der Waals surface area contributed by atoms with Crippen molar-refractivity contribution in [2.24, 2.45) is 0 Å². The molecular weight excluding hydrogens is 601 g/mol. The summed E-state index contributed by atoms with van der Waals surface area (Å²) in [5.74, 6) is 0. The van der Waals surface area contributed by atoms with E-state index in [4.69, 9.17) is 0 Å². The van der Waals surface area contributed by atoms with Crippen LogP contribution in [0.1, 0.15) is 11.1 Å². The molecule has 232 valence electrons. The fourth-order valence-electron chi connectivity index (χ4n) is 9.42. The molecule has 0 unspecified atom stereocenters. The first-order valence-corrected chi connectivity index (χ1v) is 17.6. The van der Waals surface area contributed by atoms with Crippen LogP contribution in [0.15, 0.2) is 158 Å². The second-order valence-electron chi connectivity index (χ2n) is 14.0. The van der Waals surface area contributed by atoms with E-state index in [1.54, 1.807) is 0 Å². The number of fused-ring (bicyclic) bond motifs is 8. The molecule has 0 spiro atoms. The Hall–Kier alpha value is -6.24. The van der Waals surface area contributed by atoms with E-state index >= 15 is 0 Å². The topological polar surface area (TPSA) is 0 Å². The van der Waals surface area contributed by atoms with Crippen molar-refractivity contribution in [2.45, 2.75) is 13.8 Å². The molecule has 0 heterocycles. The lowest BCUT2D eigenvalue weighted by atomic mass is 9.84. The van der Waals surface area contributed by atoms with Gasteiger partial charge in [0.2, 0.25) is 0 Å². The van der Waals surface area contributed by atoms with Crippen LogP contribution in [0.2, 0.25) is 0 Å². The summed E-state index contributed by atoms with van der Waals surface area (Å²) in [7, 11) is 0. The monoisotopic (exact) mass is 632 g/mol. The quantitative estimate of drug-likeness (QED) is 0.170. The molecule has 0 aliphatic heterocycles. The number of hydrogen-bond acceptors (Lipinski definition) is 0. The lowest BCUT2D eigenvalue weighted by molar-refractivity contribution is 1.38. The van der Waals surface area contributed by atoms with Crippen molar-refractivity contribution < 1.29 is 0 Å². The van der Waals surface area contributed by atoms with Crippen molar-refractivity contribution in [3.05, 3.63) is 169 Å². The molecule has 11 rings (SSSR count). The van der Waals surface area contributed by atoms with Gasteiger partial charge in [0.1, 0.15) is 0 Å². The zero-order valence-electron chi connectivity index (χ0n) is 28.0. The smallest absolute Gasteiger partial charge is 0.000719 e. The first-order valence-electron chi connectivity index (χ1n) is 17.6. The van der Waals surface area contributed by atoms with Crippen LogP contribution in [0.3, 0.4) is 0 Å². The molecule has 0 fully saturated rings. The molecule has 0 saturated heterocycles. The molecule has 0 N–H and O–H groups in total. The highest BCUT2D eigenvalue weighted by Crippen LogP contribution is 2.54. The van der Waals surface area contributed by atoms with Gasteiger partial charge in [-0.15, -0.1) is 0 Å². The minimum absolute atomic E-state index is 1.25. The third kappa shape index (κ3) is 3.60. The molecule has 0 amide bonds. The van der Waals surface area contributed by atoms with Crippen LogP contribution in [0, 0.1) is 13.8 Å².